The highest BCUT2D eigenvalue weighted by atomic mass is 28.3. The fourth-order valence-electron chi connectivity index (χ4n) is 0.385. The van der Waals surface area contributed by atoms with Crippen molar-refractivity contribution in [2.75, 3.05) is 0 Å². The van der Waals surface area contributed by atoms with Crippen molar-refractivity contribution in [2.24, 2.45) is 0 Å². The van der Waals surface area contributed by atoms with Crippen LogP contribution >= 0.6 is 0 Å². The number of benzene rings is 1. The van der Waals surface area contributed by atoms with Crippen LogP contribution < -0.4 is 0 Å². The van der Waals surface area contributed by atoms with Crippen molar-refractivity contribution in [1.82, 2.24) is 0 Å². The summed E-state index contributed by atoms with van der Waals surface area (Å²) in [6.07, 6.45) is 0. The molecule has 0 bridgehead atoms. The van der Waals surface area contributed by atoms with E-state index < -0.39 is 9.28 Å². The molecule has 0 aliphatic heterocycles. The summed E-state index contributed by atoms with van der Waals surface area (Å²) in [6.45, 7) is 1.42. The van der Waals surface area contributed by atoms with Crippen LogP contribution in [-0.4, -0.2) is 18.9 Å². The number of rotatable bonds is 0. The van der Waals surface area contributed by atoms with E-state index in [4.69, 9.17) is 9.59 Å². The summed E-state index contributed by atoms with van der Waals surface area (Å²) in [5, 5.41) is 0. The van der Waals surface area contributed by atoms with E-state index in [-0.39, 0.29) is 0 Å². The van der Waals surface area contributed by atoms with Gasteiger partial charge in [-0.25, -0.2) is 0 Å². The second-order valence-electron chi connectivity index (χ2n) is 1.79. The van der Waals surface area contributed by atoms with Gasteiger partial charge in [-0.2, -0.15) is 0 Å². The van der Waals surface area contributed by atoms with E-state index in [1.165, 1.54) is 6.55 Å². The fourth-order valence-corrected chi connectivity index (χ4v) is 0.385. The van der Waals surface area contributed by atoms with Gasteiger partial charge in [-0.15, -0.1) is 0 Å². The second-order valence-corrected chi connectivity index (χ2v) is 3.05. The van der Waals surface area contributed by atoms with E-state index in [0.717, 1.165) is 0 Å². The Hall–Kier alpha value is -0.643. The number of hydrogen-bond donors (Lipinski definition) is 2. The van der Waals surface area contributed by atoms with Crippen LogP contribution in [0.3, 0.4) is 0 Å². The summed E-state index contributed by atoms with van der Waals surface area (Å²) < 4.78 is 0. The molecule has 0 aliphatic rings. The molecule has 0 aromatic heterocycles. The van der Waals surface area contributed by atoms with E-state index >= 15 is 0 Å². The zero-order chi connectivity index (χ0) is 7.82. The largest absolute Gasteiger partial charge is 0.413 e. The second kappa shape index (κ2) is 6.48. The van der Waals surface area contributed by atoms with Gasteiger partial charge in [0, 0.05) is 0 Å². The third-order valence-electron chi connectivity index (χ3n) is 0.667. The fraction of sp³-hybridized carbons (Fsp3) is 0.143. The molecule has 0 fully saturated rings. The molecule has 0 saturated heterocycles. The van der Waals surface area contributed by atoms with Gasteiger partial charge in [-0.1, -0.05) is 36.4 Å². The predicted molar refractivity (Wildman–Crippen MR) is 43.9 cm³/mol. The van der Waals surface area contributed by atoms with Crippen LogP contribution in [0.5, 0.6) is 0 Å². The van der Waals surface area contributed by atoms with Crippen LogP contribution in [0, 0.1) is 0 Å². The normalized spacial score (nSPS) is 8.40. The monoisotopic (exact) mass is 156 g/mol. The summed E-state index contributed by atoms with van der Waals surface area (Å²) in [7, 11) is -2.14. The van der Waals surface area contributed by atoms with Crippen LogP contribution in [0.2, 0.25) is 6.55 Å². The van der Waals surface area contributed by atoms with Crippen LogP contribution in [0.1, 0.15) is 0 Å². The summed E-state index contributed by atoms with van der Waals surface area (Å²) in [5.74, 6) is 0. The average molecular weight is 156 g/mol. The summed E-state index contributed by atoms with van der Waals surface area (Å²) in [4.78, 5) is 15.5. The highest BCUT2D eigenvalue weighted by Crippen LogP contribution is 1.79. The third kappa shape index (κ3) is 10.4. The van der Waals surface area contributed by atoms with Crippen molar-refractivity contribution in [3.8, 4) is 0 Å². The standard InChI is InChI=1S/C6H6.CH6O2Si/c1-2-4-6-5-3-1;1-4(2)3/h1-6H;2-4H,1H3. The van der Waals surface area contributed by atoms with E-state index in [0.29, 0.717) is 0 Å². The number of hydrogen-bond acceptors (Lipinski definition) is 2. The molecule has 1 aromatic carbocycles. The zero-order valence-corrected chi connectivity index (χ0v) is 7.09. The Labute approximate surface area is 62.6 Å². The summed E-state index contributed by atoms with van der Waals surface area (Å²) in [6, 6.07) is 12.0. The molecule has 0 radical (unpaired) electrons. The minimum Gasteiger partial charge on any atom is -0.413 e. The van der Waals surface area contributed by atoms with Gasteiger partial charge in [0.1, 0.15) is 0 Å². The van der Waals surface area contributed by atoms with Crippen LogP contribution in [-0.2, 0) is 0 Å². The van der Waals surface area contributed by atoms with Gasteiger partial charge >= 0.3 is 9.28 Å². The Morgan fingerprint density at radius 2 is 0.900 bits per heavy atom. The minimum atomic E-state index is -2.14. The average Bonchev–Trinajstić information content (AvgIpc) is 1.90. The first-order valence-corrected chi connectivity index (χ1v) is 5.28. The first kappa shape index (κ1) is 9.36. The molecule has 0 spiro atoms. The van der Waals surface area contributed by atoms with Crippen LogP contribution in [0.4, 0.5) is 0 Å². The first-order valence-electron chi connectivity index (χ1n) is 3.09. The molecular weight excluding hydrogens is 144 g/mol. The minimum absolute atomic E-state index is 1.42. The molecule has 0 aliphatic carbocycles. The predicted octanol–water partition coefficient (Wildman–Crippen LogP) is 0.508. The highest BCUT2D eigenvalue weighted by Gasteiger charge is 1.78. The topological polar surface area (TPSA) is 40.5 Å². The van der Waals surface area contributed by atoms with E-state index in [9.17, 15) is 0 Å². The Balaban J connectivity index is 0.000000180. The van der Waals surface area contributed by atoms with Crippen molar-refractivity contribution in [1.29, 1.82) is 0 Å². The molecule has 2 N–H and O–H groups in total. The maximum Gasteiger partial charge on any atom is 0.312 e. The van der Waals surface area contributed by atoms with Crippen molar-refractivity contribution in [3.05, 3.63) is 36.4 Å². The molecule has 0 unspecified atom stereocenters. The van der Waals surface area contributed by atoms with Gasteiger partial charge in [-0.05, 0) is 6.55 Å². The zero-order valence-electron chi connectivity index (χ0n) is 5.94. The van der Waals surface area contributed by atoms with Gasteiger partial charge in [0.25, 0.3) is 0 Å². The van der Waals surface area contributed by atoms with Crippen LogP contribution in [0.15, 0.2) is 36.4 Å². The molecule has 0 saturated carbocycles. The third-order valence-corrected chi connectivity index (χ3v) is 0.667. The molecule has 1 rings (SSSR count). The molecule has 10 heavy (non-hydrogen) atoms. The van der Waals surface area contributed by atoms with Gasteiger partial charge in [-0.3, -0.25) is 0 Å². The highest BCUT2D eigenvalue weighted by molar-refractivity contribution is 6.38. The Bertz CT molecular complexity index is 112. The molecule has 0 amide bonds. The molecule has 1 aromatic rings. The van der Waals surface area contributed by atoms with Crippen LogP contribution in [0.25, 0.3) is 0 Å². The lowest BCUT2D eigenvalue weighted by Crippen LogP contribution is -2.00. The van der Waals surface area contributed by atoms with Gasteiger partial charge in [0.2, 0.25) is 0 Å². The summed E-state index contributed by atoms with van der Waals surface area (Å²) in [5.41, 5.74) is 0. The molecule has 3 heteroatoms. The van der Waals surface area contributed by atoms with E-state index in [1.54, 1.807) is 0 Å². The smallest absolute Gasteiger partial charge is 0.312 e. The van der Waals surface area contributed by atoms with Crippen molar-refractivity contribution in [2.45, 2.75) is 6.55 Å². The molecule has 2 nitrogen and oxygen atoms in total. The van der Waals surface area contributed by atoms with E-state index in [1.807, 2.05) is 36.4 Å². The summed E-state index contributed by atoms with van der Waals surface area (Å²) >= 11 is 0. The Kier molecular flexibility index (Phi) is 6.06. The molecule has 0 heterocycles. The van der Waals surface area contributed by atoms with Gasteiger partial charge in [0.05, 0.1) is 0 Å². The van der Waals surface area contributed by atoms with Crippen molar-refractivity contribution in [3.63, 3.8) is 0 Å². The lowest BCUT2D eigenvalue weighted by atomic mass is 10.4. The molecule has 0 atom stereocenters. The van der Waals surface area contributed by atoms with Gasteiger partial charge in [0.15, 0.2) is 0 Å². The maximum atomic E-state index is 7.75. The lowest BCUT2D eigenvalue weighted by Gasteiger charge is -1.75. The Morgan fingerprint density at radius 1 is 0.800 bits per heavy atom. The van der Waals surface area contributed by atoms with Gasteiger partial charge < -0.3 is 9.59 Å². The SMILES string of the molecule is C[SiH](O)O.c1ccccc1. The van der Waals surface area contributed by atoms with Crippen molar-refractivity contribution < 1.29 is 9.59 Å². The first-order chi connectivity index (χ1) is 4.73. The molecule has 56 valence electrons. The van der Waals surface area contributed by atoms with E-state index in [2.05, 4.69) is 0 Å². The quantitative estimate of drug-likeness (QED) is 0.537. The molecular formula is C7H12O2Si. The lowest BCUT2D eigenvalue weighted by molar-refractivity contribution is 0.417. The maximum absolute atomic E-state index is 7.75. The Morgan fingerprint density at radius 3 is 1.00 bits per heavy atom. The van der Waals surface area contributed by atoms with Crippen molar-refractivity contribution >= 4 is 9.28 Å².